The molecule has 0 bridgehead atoms. The van der Waals surface area contributed by atoms with Gasteiger partial charge in [-0.15, -0.1) is 0 Å². The lowest BCUT2D eigenvalue weighted by molar-refractivity contribution is -0.150. The summed E-state index contributed by atoms with van der Waals surface area (Å²) in [5, 5.41) is 2.58. The molecule has 0 spiro atoms. The van der Waals surface area contributed by atoms with E-state index in [0.717, 1.165) is 12.8 Å². The van der Waals surface area contributed by atoms with Crippen molar-refractivity contribution in [3.63, 3.8) is 0 Å². The maximum atomic E-state index is 10.8. The fourth-order valence-corrected chi connectivity index (χ4v) is 0.852. The van der Waals surface area contributed by atoms with Crippen molar-refractivity contribution in [1.29, 1.82) is 0 Å². The highest BCUT2D eigenvalue weighted by molar-refractivity contribution is 5.77. The molecular weight excluding hydrogens is 218 g/mol. The predicted octanol–water partition coefficient (Wildman–Crippen LogP) is 2.37. The number of hydrogen-bond donors (Lipinski definition) is 1. The number of carbonyl (C=O) groups excluding carboxylic acids is 2. The Morgan fingerprint density at radius 3 is 1.88 bits per heavy atom. The predicted molar refractivity (Wildman–Crippen MR) is 69.6 cm³/mol. The normalized spacial score (nSPS) is 11.9. The molecule has 1 unspecified atom stereocenters. The van der Waals surface area contributed by atoms with Gasteiger partial charge in [0.15, 0.2) is 0 Å². The summed E-state index contributed by atoms with van der Waals surface area (Å²) in [5.41, 5.74) is -0.311. The Balaban J connectivity index is 0. The van der Waals surface area contributed by atoms with Crippen LogP contribution in [0.15, 0.2) is 0 Å². The highest BCUT2D eigenvalue weighted by atomic mass is 16.5. The third kappa shape index (κ3) is 7.77. The quantitative estimate of drug-likeness (QED) is 0.774. The van der Waals surface area contributed by atoms with Gasteiger partial charge >= 0.3 is 5.97 Å². The molecule has 1 amide bonds. The molecule has 0 aromatic rings. The largest absolute Gasteiger partial charge is 0.469 e. The van der Waals surface area contributed by atoms with Gasteiger partial charge in [0.2, 0.25) is 5.91 Å². The van der Waals surface area contributed by atoms with E-state index in [2.05, 4.69) is 10.1 Å². The number of hydrogen-bond acceptors (Lipinski definition) is 3. The lowest BCUT2D eigenvalue weighted by atomic mass is 9.91. The molecule has 0 heterocycles. The Labute approximate surface area is 105 Å². The van der Waals surface area contributed by atoms with Crippen molar-refractivity contribution in [2.24, 2.45) is 11.3 Å². The standard InChI is InChI=1S/C7H14O2.C6H13NO/c1-5-7(2,3)6(8)9-4;1-4-5(2)6(8)7-3/h5H2,1-4H3;5H,4H2,1-3H3,(H,7,8). The summed E-state index contributed by atoms with van der Waals surface area (Å²) in [4.78, 5) is 21.5. The van der Waals surface area contributed by atoms with E-state index in [4.69, 9.17) is 0 Å². The highest BCUT2D eigenvalue weighted by Crippen LogP contribution is 2.20. The summed E-state index contributed by atoms with van der Waals surface area (Å²) in [5.74, 6) is 0.164. The van der Waals surface area contributed by atoms with Crippen molar-refractivity contribution in [2.75, 3.05) is 14.2 Å². The van der Waals surface area contributed by atoms with E-state index >= 15 is 0 Å². The number of amides is 1. The summed E-state index contributed by atoms with van der Waals surface area (Å²) in [6.45, 7) is 9.63. The fraction of sp³-hybridized carbons (Fsp3) is 0.846. The van der Waals surface area contributed by atoms with Crippen molar-refractivity contribution in [3.05, 3.63) is 0 Å². The smallest absolute Gasteiger partial charge is 0.311 e. The minimum atomic E-state index is -0.311. The molecular formula is C13H27NO3. The second kappa shape index (κ2) is 9.02. The van der Waals surface area contributed by atoms with Crippen LogP contribution < -0.4 is 5.32 Å². The van der Waals surface area contributed by atoms with Gasteiger partial charge in [-0.05, 0) is 26.7 Å². The van der Waals surface area contributed by atoms with Crippen molar-refractivity contribution < 1.29 is 14.3 Å². The van der Waals surface area contributed by atoms with Crippen LogP contribution in [0.4, 0.5) is 0 Å². The Morgan fingerprint density at radius 2 is 1.76 bits per heavy atom. The van der Waals surface area contributed by atoms with E-state index in [1.54, 1.807) is 7.05 Å². The van der Waals surface area contributed by atoms with Crippen LogP contribution >= 0.6 is 0 Å². The number of rotatable bonds is 4. The number of ether oxygens (including phenoxy) is 1. The Kier molecular flexibility index (Phi) is 9.72. The molecule has 4 nitrogen and oxygen atoms in total. The molecule has 1 atom stereocenters. The van der Waals surface area contributed by atoms with Gasteiger partial charge in [-0.25, -0.2) is 0 Å². The van der Waals surface area contributed by atoms with Crippen LogP contribution in [-0.4, -0.2) is 26.0 Å². The van der Waals surface area contributed by atoms with Crippen molar-refractivity contribution in [1.82, 2.24) is 5.32 Å². The van der Waals surface area contributed by atoms with Crippen LogP contribution in [0.2, 0.25) is 0 Å². The van der Waals surface area contributed by atoms with Crippen molar-refractivity contribution in [3.8, 4) is 0 Å². The first-order valence-electron chi connectivity index (χ1n) is 6.06. The first kappa shape index (κ1) is 18.3. The van der Waals surface area contributed by atoms with Crippen molar-refractivity contribution >= 4 is 11.9 Å². The molecule has 0 aliphatic rings. The molecule has 102 valence electrons. The summed E-state index contributed by atoms with van der Waals surface area (Å²) >= 11 is 0. The van der Waals surface area contributed by atoms with E-state index in [0.29, 0.717) is 0 Å². The van der Waals surface area contributed by atoms with E-state index in [1.807, 2.05) is 34.6 Å². The minimum Gasteiger partial charge on any atom is -0.469 e. The summed E-state index contributed by atoms with van der Waals surface area (Å²) in [6.07, 6.45) is 1.74. The van der Waals surface area contributed by atoms with Gasteiger partial charge < -0.3 is 10.1 Å². The molecule has 4 heteroatoms. The molecule has 0 aromatic heterocycles. The summed E-state index contributed by atoms with van der Waals surface area (Å²) in [6, 6.07) is 0. The van der Waals surface area contributed by atoms with Gasteiger partial charge in [-0.2, -0.15) is 0 Å². The molecule has 17 heavy (non-hydrogen) atoms. The second-order valence-electron chi connectivity index (χ2n) is 4.65. The number of esters is 1. The SMILES string of the molecule is CCC(C)(C)C(=O)OC.CCC(C)C(=O)NC. The van der Waals surface area contributed by atoms with Crippen LogP contribution in [0.3, 0.4) is 0 Å². The molecule has 0 saturated carbocycles. The Morgan fingerprint density at radius 1 is 1.29 bits per heavy atom. The molecule has 0 rings (SSSR count). The maximum absolute atomic E-state index is 10.8. The van der Waals surface area contributed by atoms with Gasteiger partial charge in [0.1, 0.15) is 0 Å². The molecule has 0 aliphatic heterocycles. The molecule has 0 fully saturated rings. The summed E-state index contributed by atoms with van der Waals surface area (Å²) < 4.78 is 4.57. The molecule has 0 radical (unpaired) electrons. The third-order valence-corrected chi connectivity index (χ3v) is 2.93. The van der Waals surface area contributed by atoms with Gasteiger partial charge in [-0.3, -0.25) is 9.59 Å². The zero-order valence-corrected chi connectivity index (χ0v) is 12.2. The molecule has 0 aromatic carbocycles. The highest BCUT2D eigenvalue weighted by Gasteiger charge is 2.25. The minimum absolute atomic E-state index is 0.132. The first-order chi connectivity index (χ1) is 7.76. The zero-order chi connectivity index (χ0) is 14.1. The average Bonchev–Trinajstić information content (AvgIpc) is 2.36. The Bertz CT molecular complexity index is 237. The first-order valence-corrected chi connectivity index (χ1v) is 6.06. The van der Waals surface area contributed by atoms with Crippen LogP contribution in [0.25, 0.3) is 0 Å². The van der Waals surface area contributed by atoms with Crippen LogP contribution in [-0.2, 0) is 14.3 Å². The molecule has 0 saturated heterocycles. The lowest BCUT2D eigenvalue weighted by Crippen LogP contribution is -2.24. The maximum Gasteiger partial charge on any atom is 0.311 e. The van der Waals surface area contributed by atoms with E-state index in [1.165, 1.54) is 7.11 Å². The summed E-state index contributed by atoms with van der Waals surface area (Å²) in [7, 11) is 3.08. The van der Waals surface area contributed by atoms with Crippen molar-refractivity contribution in [2.45, 2.75) is 47.5 Å². The molecule has 0 aliphatic carbocycles. The van der Waals surface area contributed by atoms with E-state index in [9.17, 15) is 9.59 Å². The molecule has 1 N–H and O–H groups in total. The van der Waals surface area contributed by atoms with E-state index < -0.39 is 0 Å². The third-order valence-electron chi connectivity index (χ3n) is 2.93. The van der Waals surface area contributed by atoms with Gasteiger partial charge in [0.25, 0.3) is 0 Å². The van der Waals surface area contributed by atoms with Gasteiger partial charge in [0, 0.05) is 13.0 Å². The number of carbonyl (C=O) groups is 2. The second-order valence-corrected chi connectivity index (χ2v) is 4.65. The van der Waals surface area contributed by atoms with Crippen LogP contribution in [0, 0.1) is 11.3 Å². The van der Waals surface area contributed by atoms with E-state index in [-0.39, 0.29) is 23.2 Å². The van der Waals surface area contributed by atoms with Crippen LogP contribution in [0.5, 0.6) is 0 Å². The monoisotopic (exact) mass is 245 g/mol. The Hall–Kier alpha value is -1.06. The zero-order valence-electron chi connectivity index (χ0n) is 12.2. The topological polar surface area (TPSA) is 55.4 Å². The number of methoxy groups -OCH3 is 1. The lowest BCUT2D eigenvalue weighted by Gasteiger charge is -2.17. The fourth-order valence-electron chi connectivity index (χ4n) is 0.852. The van der Waals surface area contributed by atoms with Gasteiger partial charge in [0.05, 0.1) is 12.5 Å². The van der Waals surface area contributed by atoms with Gasteiger partial charge in [-0.1, -0.05) is 20.8 Å². The average molecular weight is 245 g/mol. The number of nitrogens with one attached hydrogen (secondary N) is 1. The van der Waals surface area contributed by atoms with Crippen LogP contribution in [0.1, 0.15) is 47.5 Å².